The fourth-order valence-corrected chi connectivity index (χ4v) is 3.22. The summed E-state index contributed by atoms with van der Waals surface area (Å²) in [6.07, 6.45) is 7.04. The Morgan fingerprint density at radius 3 is 2.83 bits per heavy atom. The fraction of sp³-hybridized carbons (Fsp3) is 0.933. The van der Waals surface area contributed by atoms with E-state index in [1.165, 1.54) is 25.7 Å². The van der Waals surface area contributed by atoms with E-state index >= 15 is 0 Å². The molecule has 0 bridgehead atoms. The van der Waals surface area contributed by atoms with Crippen LogP contribution in [0.2, 0.25) is 0 Å². The third-order valence-electron chi connectivity index (χ3n) is 4.76. The second-order valence-electron chi connectivity index (χ2n) is 5.83. The Morgan fingerprint density at radius 1 is 1.56 bits per heavy atom. The second kappa shape index (κ2) is 7.11. The van der Waals surface area contributed by atoms with Crippen LogP contribution >= 0.6 is 0 Å². The molecule has 3 nitrogen and oxygen atoms in total. The van der Waals surface area contributed by atoms with Crippen LogP contribution in [0.1, 0.15) is 52.4 Å². The number of hydrogen-bond acceptors (Lipinski definition) is 3. The average molecular weight is 251 g/mol. The third kappa shape index (κ3) is 3.46. The normalized spacial score (nSPS) is 29.4. The molecule has 1 saturated carbocycles. The van der Waals surface area contributed by atoms with E-state index < -0.39 is 0 Å². The molecule has 0 heterocycles. The lowest BCUT2D eigenvalue weighted by Crippen LogP contribution is -2.46. The van der Waals surface area contributed by atoms with E-state index in [1.807, 2.05) is 7.05 Å². The molecule has 0 aromatic rings. The van der Waals surface area contributed by atoms with Crippen molar-refractivity contribution in [3.63, 3.8) is 0 Å². The van der Waals surface area contributed by atoms with E-state index in [0.717, 1.165) is 19.4 Å². The summed E-state index contributed by atoms with van der Waals surface area (Å²) in [5, 5.41) is 12.7. The van der Waals surface area contributed by atoms with Gasteiger partial charge in [0.25, 0.3) is 0 Å². The van der Waals surface area contributed by atoms with E-state index in [-0.39, 0.29) is 5.54 Å². The van der Waals surface area contributed by atoms with Crippen molar-refractivity contribution in [1.82, 2.24) is 10.2 Å². The topological polar surface area (TPSA) is 39.1 Å². The summed E-state index contributed by atoms with van der Waals surface area (Å²) in [4.78, 5) is 2.44. The summed E-state index contributed by atoms with van der Waals surface area (Å²) in [6, 6.07) is 3.18. The van der Waals surface area contributed by atoms with Crippen LogP contribution in [0.4, 0.5) is 0 Å². The van der Waals surface area contributed by atoms with Gasteiger partial charge in [0.15, 0.2) is 0 Å². The van der Waals surface area contributed by atoms with E-state index in [0.29, 0.717) is 12.0 Å². The van der Waals surface area contributed by atoms with Crippen LogP contribution in [0.5, 0.6) is 0 Å². The maximum atomic E-state index is 9.42. The molecule has 0 aromatic heterocycles. The van der Waals surface area contributed by atoms with Crippen LogP contribution in [0.3, 0.4) is 0 Å². The van der Waals surface area contributed by atoms with Gasteiger partial charge >= 0.3 is 0 Å². The number of nitrogens with one attached hydrogen (secondary N) is 1. The van der Waals surface area contributed by atoms with Crippen molar-refractivity contribution in [2.45, 2.75) is 64.0 Å². The molecule has 0 radical (unpaired) electrons. The molecule has 1 aliphatic carbocycles. The smallest absolute Gasteiger partial charge is 0.109 e. The van der Waals surface area contributed by atoms with Crippen molar-refractivity contribution < 1.29 is 0 Å². The van der Waals surface area contributed by atoms with Gasteiger partial charge < -0.3 is 10.2 Å². The fourth-order valence-electron chi connectivity index (χ4n) is 3.22. The summed E-state index contributed by atoms with van der Waals surface area (Å²) in [5.74, 6) is 0.517. The Hall–Kier alpha value is -0.590. The molecule has 0 amide bonds. The lowest BCUT2D eigenvalue weighted by molar-refractivity contribution is 0.209. The first-order valence-electron chi connectivity index (χ1n) is 7.40. The van der Waals surface area contributed by atoms with Gasteiger partial charge in [-0.05, 0) is 59.2 Å². The SMILES string of the molecule is CCCC(C)N(C)CCC1CCCC1(C#N)NC. The van der Waals surface area contributed by atoms with E-state index in [4.69, 9.17) is 0 Å². The second-order valence-corrected chi connectivity index (χ2v) is 5.83. The summed E-state index contributed by atoms with van der Waals surface area (Å²) in [5.41, 5.74) is -0.255. The monoisotopic (exact) mass is 251 g/mol. The lowest BCUT2D eigenvalue weighted by atomic mass is 9.86. The minimum Gasteiger partial charge on any atom is -0.304 e. The largest absolute Gasteiger partial charge is 0.304 e. The standard InChI is InChI=1S/C15H29N3/c1-5-7-13(2)18(4)11-9-14-8-6-10-15(14,12-16)17-3/h13-14,17H,5-11H2,1-4H3. The van der Waals surface area contributed by atoms with Gasteiger partial charge in [0.2, 0.25) is 0 Å². The highest BCUT2D eigenvalue weighted by atomic mass is 15.1. The summed E-state index contributed by atoms with van der Waals surface area (Å²) in [6.45, 7) is 5.65. The van der Waals surface area contributed by atoms with Crippen molar-refractivity contribution in [2.24, 2.45) is 5.92 Å². The molecule has 18 heavy (non-hydrogen) atoms. The van der Waals surface area contributed by atoms with Crippen molar-refractivity contribution in [3.8, 4) is 6.07 Å². The maximum absolute atomic E-state index is 9.42. The number of rotatable bonds is 7. The minimum absolute atomic E-state index is 0.255. The molecule has 104 valence electrons. The van der Waals surface area contributed by atoms with Crippen LogP contribution in [-0.4, -0.2) is 37.1 Å². The van der Waals surface area contributed by atoms with E-state index in [2.05, 4.69) is 37.2 Å². The predicted octanol–water partition coefficient (Wildman–Crippen LogP) is 2.78. The summed E-state index contributed by atoms with van der Waals surface area (Å²) >= 11 is 0. The van der Waals surface area contributed by atoms with Crippen molar-refractivity contribution >= 4 is 0 Å². The molecule has 0 aliphatic heterocycles. The molecule has 3 heteroatoms. The minimum atomic E-state index is -0.255. The quantitative estimate of drug-likeness (QED) is 0.756. The van der Waals surface area contributed by atoms with Gasteiger partial charge in [-0.1, -0.05) is 19.8 Å². The zero-order valence-corrected chi connectivity index (χ0v) is 12.5. The molecule has 0 aromatic carbocycles. The van der Waals surface area contributed by atoms with Gasteiger partial charge in [-0.25, -0.2) is 0 Å². The maximum Gasteiger partial charge on any atom is 0.109 e. The lowest BCUT2D eigenvalue weighted by Gasteiger charge is -2.31. The van der Waals surface area contributed by atoms with Gasteiger partial charge in [-0.2, -0.15) is 5.26 Å². The summed E-state index contributed by atoms with van der Waals surface area (Å²) in [7, 11) is 4.15. The highest BCUT2D eigenvalue weighted by Gasteiger charge is 2.41. The van der Waals surface area contributed by atoms with Crippen molar-refractivity contribution in [2.75, 3.05) is 20.6 Å². The molecule has 1 fully saturated rings. The zero-order valence-electron chi connectivity index (χ0n) is 12.5. The van der Waals surface area contributed by atoms with E-state index in [9.17, 15) is 5.26 Å². The van der Waals surface area contributed by atoms with Gasteiger partial charge in [0, 0.05) is 6.04 Å². The Morgan fingerprint density at radius 2 is 2.28 bits per heavy atom. The molecule has 0 saturated heterocycles. The van der Waals surface area contributed by atoms with E-state index in [1.54, 1.807) is 0 Å². The average Bonchev–Trinajstić information content (AvgIpc) is 2.79. The first kappa shape index (κ1) is 15.5. The first-order valence-corrected chi connectivity index (χ1v) is 7.40. The Labute approximate surface area is 113 Å². The highest BCUT2D eigenvalue weighted by molar-refractivity contribution is 5.13. The molecule has 1 aliphatic rings. The van der Waals surface area contributed by atoms with Crippen LogP contribution in [0.15, 0.2) is 0 Å². The molecular weight excluding hydrogens is 222 g/mol. The third-order valence-corrected chi connectivity index (χ3v) is 4.76. The van der Waals surface area contributed by atoms with Crippen LogP contribution < -0.4 is 5.32 Å². The number of hydrogen-bond donors (Lipinski definition) is 1. The molecule has 3 atom stereocenters. The van der Waals surface area contributed by atoms with Crippen LogP contribution in [0.25, 0.3) is 0 Å². The van der Waals surface area contributed by atoms with Gasteiger partial charge in [-0.15, -0.1) is 0 Å². The zero-order chi connectivity index (χ0) is 13.6. The number of nitrogens with zero attached hydrogens (tertiary/aromatic N) is 2. The van der Waals surface area contributed by atoms with Gasteiger partial charge in [-0.3, -0.25) is 0 Å². The van der Waals surface area contributed by atoms with Crippen molar-refractivity contribution in [1.29, 1.82) is 5.26 Å². The highest BCUT2D eigenvalue weighted by Crippen LogP contribution is 2.37. The molecule has 1 rings (SSSR count). The predicted molar refractivity (Wildman–Crippen MR) is 76.4 cm³/mol. The van der Waals surface area contributed by atoms with Crippen LogP contribution in [0, 0.1) is 17.2 Å². The van der Waals surface area contributed by atoms with Crippen LogP contribution in [-0.2, 0) is 0 Å². The molecule has 1 N–H and O–H groups in total. The Bertz CT molecular complexity index is 284. The van der Waals surface area contributed by atoms with Crippen molar-refractivity contribution in [3.05, 3.63) is 0 Å². The van der Waals surface area contributed by atoms with Gasteiger partial charge in [0.05, 0.1) is 6.07 Å². The molecule has 0 spiro atoms. The Balaban J connectivity index is 2.46. The Kier molecular flexibility index (Phi) is 6.11. The summed E-state index contributed by atoms with van der Waals surface area (Å²) < 4.78 is 0. The van der Waals surface area contributed by atoms with Gasteiger partial charge in [0.1, 0.15) is 5.54 Å². The first-order chi connectivity index (χ1) is 8.59. The number of nitriles is 1. The molecule has 3 unspecified atom stereocenters. The molecular formula is C15H29N3.